The summed E-state index contributed by atoms with van der Waals surface area (Å²) in [6, 6.07) is 2.39. The Labute approximate surface area is 112 Å². The number of sulfonamides is 1. The topological polar surface area (TPSA) is 66.4 Å². The Bertz CT molecular complexity index is 559. The van der Waals surface area contributed by atoms with Gasteiger partial charge in [-0.25, -0.2) is 17.5 Å². The van der Waals surface area contributed by atoms with Crippen LogP contribution in [0.4, 0.5) is 4.39 Å². The summed E-state index contributed by atoms with van der Waals surface area (Å²) in [6.45, 7) is 3.12. The van der Waals surface area contributed by atoms with Crippen molar-refractivity contribution in [3.8, 4) is 0 Å². The lowest BCUT2D eigenvalue weighted by Crippen LogP contribution is -2.33. The van der Waals surface area contributed by atoms with Crippen LogP contribution in [-0.4, -0.2) is 26.2 Å². The molecule has 1 saturated carbocycles. The standard InChI is InChI=1S/C13H18FNO3S/c1-8-5-11(14)6-9(2)13(8)19(17,18)15-7-12(16)10-3-4-10/h5-6,10,12,15-16H,3-4,7H2,1-2H3. The summed E-state index contributed by atoms with van der Waals surface area (Å²) in [5, 5.41) is 9.69. The van der Waals surface area contributed by atoms with E-state index in [1.165, 1.54) is 12.1 Å². The number of nitrogens with one attached hydrogen (secondary N) is 1. The van der Waals surface area contributed by atoms with Crippen LogP contribution in [0.3, 0.4) is 0 Å². The molecule has 0 saturated heterocycles. The number of benzene rings is 1. The molecule has 1 unspecified atom stereocenters. The Kier molecular flexibility index (Phi) is 3.94. The van der Waals surface area contributed by atoms with E-state index in [1.807, 2.05) is 0 Å². The normalized spacial score (nSPS) is 17.5. The highest BCUT2D eigenvalue weighted by Crippen LogP contribution is 2.32. The third-order valence-electron chi connectivity index (χ3n) is 3.34. The van der Waals surface area contributed by atoms with Gasteiger partial charge >= 0.3 is 0 Å². The first-order chi connectivity index (χ1) is 8.81. The van der Waals surface area contributed by atoms with E-state index in [4.69, 9.17) is 0 Å². The lowest BCUT2D eigenvalue weighted by molar-refractivity contribution is 0.155. The molecular weight excluding hydrogens is 269 g/mol. The van der Waals surface area contributed by atoms with Crippen LogP contribution in [0.15, 0.2) is 17.0 Å². The van der Waals surface area contributed by atoms with Gasteiger partial charge in [0.15, 0.2) is 0 Å². The zero-order valence-corrected chi connectivity index (χ0v) is 11.8. The van der Waals surface area contributed by atoms with E-state index in [-0.39, 0.29) is 17.4 Å². The van der Waals surface area contributed by atoms with Crippen LogP contribution in [-0.2, 0) is 10.0 Å². The van der Waals surface area contributed by atoms with Crippen LogP contribution in [0.1, 0.15) is 24.0 Å². The van der Waals surface area contributed by atoms with Crippen molar-refractivity contribution >= 4 is 10.0 Å². The van der Waals surface area contributed by atoms with Gasteiger partial charge in [0.25, 0.3) is 0 Å². The Morgan fingerprint density at radius 2 is 1.89 bits per heavy atom. The molecule has 0 spiro atoms. The Morgan fingerprint density at radius 1 is 1.37 bits per heavy atom. The Balaban J connectivity index is 2.19. The van der Waals surface area contributed by atoms with E-state index in [0.29, 0.717) is 11.1 Å². The summed E-state index contributed by atoms with van der Waals surface area (Å²) < 4.78 is 39.9. The molecule has 0 heterocycles. The monoisotopic (exact) mass is 287 g/mol. The van der Waals surface area contributed by atoms with Crippen molar-refractivity contribution in [2.45, 2.75) is 37.7 Å². The van der Waals surface area contributed by atoms with Gasteiger partial charge in [-0.15, -0.1) is 0 Å². The molecule has 0 amide bonds. The molecule has 6 heteroatoms. The van der Waals surface area contributed by atoms with Crippen LogP contribution in [0.2, 0.25) is 0 Å². The minimum Gasteiger partial charge on any atom is -0.391 e. The largest absolute Gasteiger partial charge is 0.391 e. The second kappa shape index (κ2) is 5.19. The molecule has 0 radical (unpaired) electrons. The van der Waals surface area contributed by atoms with Crippen molar-refractivity contribution in [1.29, 1.82) is 0 Å². The van der Waals surface area contributed by atoms with E-state index < -0.39 is 21.9 Å². The first-order valence-electron chi connectivity index (χ1n) is 6.26. The lowest BCUT2D eigenvalue weighted by Gasteiger charge is -2.14. The van der Waals surface area contributed by atoms with Crippen molar-refractivity contribution in [1.82, 2.24) is 4.72 Å². The highest BCUT2D eigenvalue weighted by molar-refractivity contribution is 7.89. The van der Waals surface area contributed by atoms with Gasteiger partial charge in [0.05, 0.1) is 11.0 Å². The van der Waals surface area contributed by atoms with Crippen molar-refractivity contribution < 1.29 is 17.9 Å². The average molecular weight is 287 g/mol. The van der Waals surface area contributed by atoms with E-state index in [2.05, 4.69) is 4.72 Å². The summed E-state index contributed by atoms with van der Waals surface area (Å²) in [4.78, 5) is 0.0943. The molecule has 19 heavy (non-hydrogen) atoms. The maximum absolute atomic E-state index is 13.2. The molecule has 1 atom stereocenters. The minimum atomic E-state index is -3.72. The number of halogens is 1. The van der Waals surface area contributed by atoms with Crippen molar-refractivity contribution in [3.63, 3.8) is 0 Å². The number of rotatable bonds is 5. The smallest absolute Gasteiger partial charge is 0.241 e. The molecule has 1 aromatic rings. The van der Waals surface area contributed by atoms with Crippen LogP contribution < -0.4 is 4.72 Å². The average Bonchev–Trinajstić information content (AvgIpc) is 3.07. The van der Waals surface area contributed by atoms with E-state index >= 15 is 0 Å². The molecule has 4 nitrogen and oxygen atoms in total. The van der Waals surface area contributed by atoms with Crippen molar-refractivity contribution in [3.05, 3.63) is 29.1 Å². The van der Waals surface area contributed by atoms with E-state index in [1.54, 1.807) is 13.8 Å². The highest BCUT2D eigenvalue weighted by Gasteiger charge is 2.31. The molecule has 106 valence electrons. The summed E-state index contributed by atoms with van der Waals surface area (Å²) in [5.41, 5.74) is 0.733. The van der Waals surface area contributed by atoms with Crippen LogP contribution in [0.5, 0.6) is 0 Å². The van der Waals surface area contributed by atoms with Gasteiger partial charge in [-0.1, -0.05) is 0 Å². The maximum atomic E-state index is 13.2. The van der Waals surface area contributed by atoms with Gasteiger partial charge in [0.2, 0.25) is 10.0 Å². The Hall–Kier alpha value is -0.980. The summed E-state index contributed by atoms with van der Waals surface area (Å²) in [5.74, 6) is -0.245. The number of aliphatic hydroxyl groups excluding tert-OH is 1. The molecule has 2 N–H and O–H groups in total. The minimum absolute atomic E-state index is 0.00323. The van der Waals surface area contributed by atoms with Crippen LogP contribution in [0, 0.1) is 25.6 Å². The third kappa shape index (κ3) is 3.32. The lowest BCUT2D eigenvalue weighted by atomic mass is 10.1. The fourth-order valence-corrected chi connectivity index (χ4v) is 3.74. The maximum Gasteiger partial charge on any atom is 0.241 e. The molecule has 1 aliphatic rings. The highest BCUT2D eigenvalue weighted by atomic mass is 32.2. The number of aryl methyl sites for hydroxylation is 2. The number of aliphatic hydroxyl groups is 1. The molecule has 1 aliphatic carbocycles. The van der Waals surface area contributed by atoms with Gasteiger partial charge in [-0.3, -0.25) is 0 Å². The van der Waals surface area contributed by atoms with E-state index in [9.17, 15) is 17.9 Å². The molecule has 1 fully saturated rings. The van der Waals surface area contributed by atoms with Gasteiger partial charge in [-0.05, 0) is 55.9 Å². The SMILES string of the molecule is Cc1cc(F)cc(C)c1S(=O)(=O)NCC(O)C1CC1. The third-order valence-corrected chi connectivity index (χ3v) is 5.07. The van der Waals surface area contributed by atoms with Gasteiger partial charge in [0, 0.05) is 6.54 Å². The molecular formula is C13H18FNO3S. The van der Waals surface area contributed by atoms with Gasteiger partial charge in [0.1, 0.15) is 5.82 Å². The molecule has 0 aromatic heterocycles. The second-order valence-electron chi connectivity index (χ2n) is 5.13. The first-order valence-corrected chi connectivity index (χ1v) is 7.74. The number of hydrogen-bond donors (Lipinski definition) is 2. The zero-order valence-electron chi connectivity index (χ0n) is 11.0. The van der Waals surface area contributed by atoms with Crippen LogP contribution in [0.25, 0.3) is 0 Å². The van der Waals surface area contributed by atoms with E-state index in [0.717, 1.165) is 12.8 Å². The molecule has 1 aromatic carbocycles. The molecule has 0 bridgehead atoms. The van der Waals surface area contributed by atoms with Gasteiger partial charge < -0.3 is 5.11 Å². The van der Waals surface area contributed by atoms with Crippen LogP contribution >= 0.6 is 0 Å². The summed E-state index contributed by atoms with van der Waals surface area (Å²) in [6.07, 6.45) is 1.24. The quantitative estimate of drug-likeness (QED) is 0.862. The number of hydrogen-bond acceptors (Lipinski definition) is 3. The summed E-state index contributed by atoms with van der Waals surface area (Å²) >= 11 is 0. The fraction of sp³-hybridized carbons (Fsp3) is 0.538. The molecule has 2 rings (SSSR count). The fourth-order valence-electron chi connectivity index (χ4n) is 2.24. The van der Waals surface area contributed by atoms with Gasteiger partial charge in [-0.2, -0.15) is 0 Å². The zero-order chi connectivity index (χ0) is 14.2. The predicted molar refractivity (Wildman–Crippen MR) is 69.8 cm³/mol. The van der Waals surface area contributed by atoms with Crippen molar-refractivity contribution in [2.24, 2.45) is 5.92 Å². The summed E-state index contributed by atoms with van der Waals surface area (Å²) in [7, 11) is -3.72. The first kappa shape index (κ1) is 14.4. The molecule has 0 aliphatic heterocycles. The predicted octanol–water partition coefficient (Wildman–Crippen LogP) is 1.49. The Morgan fingerprint density at radius 3 is 2.37 bits per heavy atom. The second-order valence-corrected chi connectivity index (χ2v) is 6.83. The van der Waals surface area contributed by atoms with Crippen molar-refractivity contribution in [2.75, 3.05) is 6.54 Å².